The molecule has 0 amide bonds. The van der Waals surface area contributed by atoms with E-state index in [1.54, 1.807) is 12.1 Å². The van der Waals surface area contributed by atoms with Crippen LogP contribution >= 0.6 is 0 Å². The fraction of sp³-hybridized carbons (Fsp3) is 0.500. The highest BCUT2D eigenvalue weighted by molar-refractivity contribution is 5.38. The standard InChI is InChI=1S/C12H15NO4/c1-2-8-10(7-13(15)16)9-5-3-4-6-11(9)17-12(8)14/h3-6,8,10,12,14H,2,7H2,1H3/t8-,10+,12?/m1/s1. The van der Waals surface area contributed by atoms with Crippen LogP contribution in [0.3, 0.4) is 0 Å². The van der Waals surface area contributed by atoms with Crippen molar-refractivity contribution in [3.8, 4) is 5.75 Å². The van der Waals surface area contributed by atoms with Crippen molar-refractivity contribution in [1.82, 2.24) is 0 Å². The lowest BCUT2D eigenvalue weighted by molar-refractivity contribution is -0.486. The molecular formula is C12H15NO4. The first-order chi connectivity index (χ1) is 8.13. The van der Waals surface area contributed by atoms with Gasteiger partial charge in [0.2, 0.25) is 12.8 Å². The monoisotopic (exact) mass is 237 g/mol. The summed E-state index contributed by atoms with van der Waals surface area (Å²) in [6.07, 6.45) is -0.312. The van der Waals surface area contributed by atoms with Crippen LogP contribution in [0.15, 0.2) is 24.3 Å². The van der Waals surface area contributed by atoms with Crippen LogP contribution in [0.2, 0.25) is 0 Å². The highest BCUT2D eigenvalue weighted by Gasteiger charge is 2.38. The lowest BCUT2D eigenvalue weighted by Gasteiger charge is -2.34. The lowest BCUT2D eigenvalue weighted by atomic mass is 9.81. The van der Waals surface area contributed by atoms with Crippen LogP contribution in [-0.4, -0.2) is 22.9 Å². The Morgan fingerprint density at radius 1 is 1.47 bits per heavy atom. The molecule has 3 atom stereocenters. The summed E-state index contributed by atoms with van der Waals surface area (Å²) in [6.45, 7) is 1.73. The van der Waals surface area contributed by atoms with E-state index >= 15 is 0 Å². The number of fused-ring (bicyclic) bond motifs is 1. The minimum atomic E-state index is -0.958. The van der Waals surface area contributed by atoms with E-state index in [1.807, 2.05) is 19.1 Å². The summed E-state index contributed by atoms with van der Waals surface area (Å²) in [4.78, 5) is 10.4. The normalized spacial score (nSPS) is 27.1. The van der Waals surface area contributed by atoms with Crippen molar-refractivity contribution in [2.45, 2.75) is 25.6 Å². The van der Waals surface area contributed by atoms with Crippen LogP contribution in [-0.2, 0) is 0 Å². The zero-order valence-corrected chi connectivity index (χ0v) is 9.57. The van der Waals surface area contributed by atoms with Gasteiger partial charge in [0.1, 0.15) is 5.75 Å². The van der Waals surface area contributed by atoms with Gasteiger partial charge in [-0.2, -0.15) is 0 Å². The van der Waals surface area contributed by atoms with E-state index < -0.39 is 6.29 Å². The number of rotatable bonds is 3. The molecule has 0 spiro atoms. The molecule has 1 aromatic rings. The Hall–Kier alpha value is -1.62. The number of nitrogens with zero attached hydrogens (tertiary/aromatic N) is 1. The maximum Gasteiger partial charge on any atom is 0.211 e. The molecule has 0 saturated carbocycles. The Balaban J connectivity index is 2.39. The van der Waals surface area contributed by atoms with Gasteiger partial charge in [0.25, 0.3) is 0 Å². The lowest BCUT2D eigenvalue weighted by Crippen LogP contribution is -2.38. The Bertz CT molecular complexity index is 421. The smallest absolute Gasteiger partial charge is 0.211 e. The number of ether oxygens (including phenoxy) is 1. The predicted molar refractivity (Wildman–Crippen MR) is 61.5 cm³/mol. The summed E-state index contributed by atoms with van der Waals surface area (Å²) >= 11 is 0. The molecule has 0 bridgehead atoms. The van der Waals surface area contributed by atoms with Crippen molar-refractivity contribution >= 4 is 0 Å². The first-order valence-corrected chi connectivity index (χ1v) is 5.69. The van der Waals surface area contributed by atoms with Crippen molar-refractivity contribution in [2.75, 3.05) is 6.54 Å². The van der Waals surface area contributed by atoms with Crippen LogP contribution in [0, 0.1) is 16.0 Å². The molecule has 1 aliphatic heterocycles. The molecule has 5 heteroatoms. The average Bonchev–Trinajstić information content (AvgIpc) is 2.28. The van der Waals surface area contributed by atoms with E-state index in [1.165, 1.54) is 0 Å². The number of hydrogen-bond acceptors (Lipinski definition) is 4. The van der Waals surface area contributed by atoms with Crippen molar-refractivity contribution < 1.29 is 14.8 Å². The van der Waals surface area contributed by atoms with Crippen LogP contribution in [0.5, 0.6) is 5.75 Å². The molecule has 17 heavy (non-hydrogen) atoms. The van der Waals surface area contributed by atoms with E-state index in [0.717, 1.165) is 5.56 Å². The summed E-state index contributed by atoms with van der Waals surface area (Å²) in [5.41, 5.74) is 0.821. The average molecular weight is 237 g/mol. The molecule has 5 nitrogen and oxygen atoms in total. The second kappa shape index (κ2) is 4.71. The van der Waals surface area contributed by atoms with Crippen LogP contribution in [0.25, 0.3) is 0 Å². The number of aliphatic hydroxyl groups is 1. The molecule has 0 fully saturated rings. The Labute approximate surface area is 99.2 Å². The van der Waals surface area contributed by atoms with Crippen molar-refractivity contribution in [1.29, 1.82) is 0 Å². The minimum absolute atomic E-state index is 0.171. The van der Waals surface area contributed by atoms with Gasteiger partial charge in [-0.3, -0.25) is 10.1 Å². The molecule has 1 aromatic carbocycles. The number of aliphatic hydroxyl groups excluding tert-OH is 1. The minimum Gasteiger partial charge on any atom is -0.465 e. The summed E-state index contributed by atoms with van der Waals surface area (Å²) in [5, 5.41) is 20.6. The van der Waals surface area contributed by atoms with Crippen molar-refractivity contribution in [3.05, 3.63) is 39.9 Å². The van der Waals surface area contributed by atoms with E-state index in [-0.39, 0.29) is 23.3 Å². The Kier molecular flexibility index (Phi) is 3.28. The van der Waals surface area contributed by atoms with Crippen LogP contribution in [0.1, 0.15) is 24.8 Å². The van der Waals surface area contributed by atoms with Crippen molar-refractivity contribution in [2.24, 2.45) is 5.92 Å². The van der Waals surface area contributed by atoms with Gasteiger partial charge in [-0.15, -0.1) is 0 Å². The van der Waals surface area contributed by atoms with Gasteiger partial charge in [0.05, 0.1) is 5.92 Å². The second-order valence-electron chi connectivity index (χ2n) is 4.24. The topological polar surface area (TPSA) is 72.6 Å². The van der Waals surface area contributed by atoms with E-state index in [9.17, 15) is 15.2 Å². The maximum atomic E-state index is 10.7. The fourth-order valence-electron chi connectivity index (χ4n) is 2.42. The van der Waals surface area contributed by atoms with Gasteiger partial charge in [-0.1, -0.05) is 25.1 Å². The molecule has 0 saturated heterocycles. The zero-order chi connectivity index (χ0) is 12.4. The molecule has 2 rings (SSSR count). The summed E-state index contributed by atoms with van der Waals surface area (Å²) in [7, 11) is 0. The molecular weight excluding hydrogens is 222 g/mol. The summed E-state index contributed by atoms with van der Waals surface area (Å²) in [6, 6.07) is 7.19. The SMILES string of the molecule is CC[C@H]1C(O)Oc2ccccc2[C@H]1C[N+](=O)[O-]. The van der Waals surface area contributed by atoms with Gasteiger partial charge in [-0.25, -0.2) is 0 Å². The molecule has 1 aliphatic rings. The third-order valence-corrected chi connectivity index (χ3v) is 3.27. The van der Waals surface area contributed by atoms with Crippen LogP contribution < -0.4 is 4.74 Å². The predicted octanol–water partition coefficient (Wildman–Crippen LogP) is 1.78. The van der Waals surface area contributed by atoms with E-state index in [0.29, 0.717) is 12.2 Å². The first kappa shape index (κ1) is 11.9. The highest BCUT2D eigenvalue weighted by Crippen LogP contribution is 2.40. The van der Waals surface area contributed by atoms with Crippen LogP contribution in [0.4, 0.5) is 0 Å². The highest BCUT2D eigenvalue weighted by atomic mass is 16.6. The van der Waals surface area contributed by atoms with Crippen molar-refractivity contribution in [3.63, 3.8) is 0 Å². The van der Waals surface area contributed by atoms with Gasteiger partial charge in [-0.05, 0) is 12.5 Å². The van der Waals surface area contributed by atoms with E-state index in [4.69, 9.17) is 4.74 Å². The quantitative estimate of drug-likeness (QED) is 0.642. The number of hydrogen-bond donors (Lipinski definition) is 1. The Morgan fingerprint density at radius 3 is 2.82 bits per heavy atom. The third-order valence-electron chi connectivity index (χ3n) is 3.27. The van der Waals surface area contributed by atoms with Gasteiger partial charge in [0, 0.05) is 16.4 Å². The number of para-hydroxylation sites is 1. The number of benzene rings is 1. The molecule has 1 unspecified atom stereocenters. The largest absolute Gasteiger partial charge is 0.465 e. The maximum absolute atomic E-state index is 10.7. The zero-order valence-electron chi connectivity index (χ0n) is 9.57. The third kappa shape index (κ3) is 2.24. The molecule has 0 aromatic heterocycles. The van der Waals surface area contributed by atoms with Gasteiger partial charge in [0.15, 0.2) is 0 Å². The van der Waals surface area contributed by atoms with Gasteiger partial charge < -0.3 is 9.84 Å². The van der Waals surface area contributed by atoms with E-state index in [2.05, 4.69) is 0 Å². The first-order valence-electron chi connectivity index (χ1n) is 5.69. The summed E-state index contributed by atoms with van der Waals surface area (Å²) in [5.74, 6) is 0.0433. The number of nitro groups is 1. The molecule has 92 valence electrons. The second-order valence-corrected chi connectivity index (χ2v) is 4.24. The summed E-state index contributed by atoms with van der Waals surface area (Å²) < 4.78 is 5.38. The fourth-order valence-corrected chi connectivity index (χ4v) is 2.42. The molecule has 0 radical (unpaired) electrons. The van der Waals surface area contributed by atoms with Gasteiger partial charge >= 0.3 is 0 Å². The molecule has 0 aliphatic carbocycles. The Morgan fingerprint density at radius 2 is 2.18 bits per heavy atom. The molecule has 1 N–H and O–H groups in total. The molecule has 1 heterocycles.